The van der Waals surface area contributed by atoms with Gasteiger partial charge in [-0.15, -0.1) is 0 Å². The Balaban J connectivity index is 3.25. The molecule has 4 nitrogen and oxygen atoms in total. The fraction of sp³-hybridized carbons (Fsp3) is 0.905. The molecule has 0 aliphatic rings. The maximum atomic E-state index is 10.7. The van der Waals surface area contributed by atoms with Crippen molar-refractivity contribution in [2.24, 2.45) is 0 Å². The number of allylic oxidation sites excluding steroid dienone is 1. The molecule has 0 atom stereocenters. The molecule has 5 heteroatoms. The molecule has 0 aliphatic carbocycles. The van der Waals surface area contributed by atoms with Crippen LogP contribution in [0.3, 0.4) is 0 Å². The van der Waals surface area contributed by atoms with Crippen LogP contribution in [-0.2, 0) is 10.1 Å². The molecule has 0 bridgehead atoms. The smallest absolute Gasteiger partial charge is 0.266 e. The Morgan fingerprint density at radius 2 is 1.19 bits per heavy atom. The Labute approximate surface area is 163 Å². The van der Waals surface area contributed by atoms with Gasteiger partial charge in [-0.05, 0) is 19.0 Å². The van der Waals surface area contributed by atoms with Gasteiger partial charge in [0.15, 0.2) is 0 Å². The second-order valence-electron chi connectivity index (χ2n) is 7.54. The maximum Gasteiger partial charge on any atom is 0.266 e. The first-order valence-corrected chi connectivity index (χ1v) is 12.4. The van der Waals surface area contributed by atoms with Gasteiger partial charge in [0.05, 0.1) is 5.75 Å². The zero-order chi connectivity index (χ0) is 19.5. The van der Waals surface area contributed by atoms with Gasteiger partial charge >= 0.3 is 0 Å². The minimum atomic E-state index is -3.86. The van der Waals surface area contributed by atoms with Gasteiger partial charge in [-0.1, -0.05) is 96.5 Å². The monoisotopic (exact) mass is 389 g/mol. The zero-order valence-corrected chi connectivity index (χ0v) is 18.1. The quantitative estimate of drug-likeness (QED) is 0.211. The van der Waals surface area contributed by atoms with Gasteiger partial charge in [-0.25, -0.2) is 0 Å². The Hall–Kier alpha value is -0.550. The first-order chi connectivity index (χ1) is 12.5. The minimum absolute atomic E-state index is 0.216. The minimum Gasteiger partial charge on any atom is -0.380 e. The van der Waals surface area contributed by atoms with Crippen LogP contribution in [0.15, 0.2) is 12.3 Å². The summed E-state index contributed by atoms with van der Waals surface area (Å²) in [4.78, 5) is 1.80. The van der Waals surface area contributed by atoms with Crippen molar-refractivity contribution in [3.63, 3.8) is 0 Å². The van der Waals surface area contributed by atoms with Crippen molar-refractivity contribution in [1.29, 1.82) is 0 Å². The van der Waals surface area contributed by atoms with Crippen LogP contribution in [0.4, 0.5) is 0 Å². The second-order valence-corrected chi connectivity index (χ2v) is 9.11. The van der Waals surface area contributed by atoms with Crippen LogP contribution in [0.25, 0.3) is 0 Å². The molecule has 0 saturated heterocycles. The molecular formula is C21H43NO3S. The van der Waals surface area contributed by atoms with E-state index < -0.39 is 10.1 Å². The highest BCUT2D eigenvalue weighted by Crippen LogP contribution is 2.13. The van der Waals surface area contributed by atoms with Crippen LogP contribution in [0.5, 0.6) is 0 Å². The normalized spacial score (nSPS) is 12.1. The van der Waals surface area contributed by atoms with Crippen molar-refractivity contribution in [3.05, 3.63) is 12.3 Å². The fourth-order valence-corrected chi connectivity index (χ4v) is 3.56. The number of hydrogen-bond donors (Lipinski definition) is 1. The lowest BCUT2D eigenvalue weighted by molar-refractivity contribution is 0.448. The van der Waals surface area contributed by atoms with E-state index in [1.54, 1.807) is 4.90 Å². The molecule has 156 valence electrons. The van der Waals surface area contributed by atoms with Crippen molar-refractivity contribution in [2.45, 2.75) is 103 Å². The lowest BCUT2D eigenvalue weighted by Crippen LogP contribution is -2.20. The summed E-state index contributed by atoms with van der Waals surface area (Å²) in [7, 11) is -2.03. The van der Waals surface area contributed by atoms with Gasteiger partial charge in [0.1, 0.15) is 0 Å². The zero-order valence-electron chi connectivity index (χ0n) is 17.3. The van der Waals surface area contributed by atoms with Crippen molar-refractivity contribution in [2.75, 3.05) is 19.3 Å². The molecule has 0 aromatic heterocycles. The molecule has 1 N–H and O–H groups in total. The molecule has 0 rings (SSSR count). The molecule has 0 heterocycles. The molecule has 0 fully saturated rings. The standard InChI is InChI=1S/C21H43NO3S/c1-3-4-5-6-7-8-9-10-11-12-13-14-15-16-17-18-19-22(2)20-21-26(23,24)25/h18-19H,3-17,20-21H2,1-2H3,(H,23,24,25)/b19-18+. The highest BCUT2D eigenvalue weighted by molar-refractivity contribution is 7.85. The van der Waals surface area contributed by atoms with Crippen LogP contribution in [0, 0.1) is 0 Å². The maximum absolute atomic E-state index is 10.7. The van der Waals surface area contributed by atoms with Crippen LogP contribution in [-0.4, -0.2) is 37.2 Å². The van der Waals surface area contributed by atoms with Gasteiger partial charge < -0.3 is 4.90 Å². The van der Waals surface area contributed by atoms with E-state index in [0.717, 1.165) is 6.42 Å². The number of rotatable bonds is 19. The summed E-state index contributed by atoms with van der Waals surface area (Å²) in [6, 6.07) is 0. The summed E-state index contributed by atoms with van der Waals surface area (Å²) in [6.07, 6.45) is 24.2. The lowest BCUT2D eigenvalue weighted by atomic mass is 10.0. The summed E-state index contributed by atoms with van der Waals surface area (Å²) in [6.45, 7) is 2.60. The van der Waals surface area contributed by atoms with E-state index in [-0.39, 0.29) is 5.75 Å². The number of hydrogen-bond acceptors (Lipinski definition) is 3. The third-order valence-corrected chi connectivity index (χ3v) is 5.48. The van der Waals surface area contributed by atoms with E-state index in [2.05, 4.69) is 13.0 Å². The molecule has 0 aromatic carbocycles. The van der Waals surface area contributed by atoms with Crippen LogP contribution >= 0.6 is 0 Å². The summed E-state index contributed by atoms with van der Waals surface area (Å²) < 4.78 is 30.0. The van der Waals surface area contributed by atoms with E-state index in [0.29, 0.717) is 6.54 Å². The Morgan fingerprint density at radius 3 is 1.62 bits per heavy atom. The molecule has 0 aromatic rings. The van der Waals surface area contributed by atoms with Crippen molar-refractivity contribution >= 4 is 10.1 Å². The first kappa shape index (κ1) is 25.4. The third kappa shape index (κ3) is 21.5. The van der Waals surface area contributed by atoms with Crippen molar-refractivity contribution in [1.82, 2.24) is 4.90 Å². The van der Waals surface area contributed by atoms with E-state index in [4.69, 9.17) is 4.55 Å². The Morgan fingerprint density at radius 1 is 0.769 bits per heavy atom. The van der Waals surface area contributed by atoms with E-state index >= 15 is 0 Å². The molecule has 0 aliphatic heterocycles. The molecule has 0 radical (unpaired) electrons. The van der Waals surface area contributed by atoms with Crippen LogP contribution in [0.2, 0.25) is 0 Å². The molecule has 0 unspecified atom stereocenters. The average molecular weight is 390 g/mol. The first-order valence-electron chi connectivity index (χ1n) is 10.8. The predicted molar refractivity (Wildman–Crippen MR) is 113 cm³/mol. The third-order valence-electron chi connectivity index (χ3n) is 4.79. The fourth-order valence-electron chi connectivity index (χ4n) is 3.05. The average Bonchev–Trinajstić information content (AvgIpc) is 2.59. The highest BCUT2D eigenvalue weighted by atomic mass is 32.2. The van der Waals surface area contributed by atoms with E-state index in [1.165, 1.54) is 89.9 Å². The Bertz CT molecular complexity index is 421. The summed E-state index contributed by atoms with van der Waals surface area (Å²) in [5, 5.41) is 0. The largest absolute Gasteiger partial charge is 0.380 e. The van der Waals surface area contributed by atoms with Crippen LogP contribution in [0.1, 0.15) is 103 Å². The van der Waals surface area contributed by atoms with E-state index in [1.807, 2.05) is 13.2 Å². The molecule has 0 saturated carbocycles. The van der Waals surface area contributed by atoms with Gasteiger partial charge in [-0.2, -0.15) is 8.42 Å². The van der Waals surface area contributed by atoms with Crippen LogP contribution < -0.4 is 0 Å². The van der Waals surface area contributed by atoms with Gasteiger partial charge in [-0.3, -0.25) is 4.55 Å². The van der Waals surface area contributed by atoms with Crippen molar-refractivity contribution in [3.8, 4) is 0 Å². The van der Waals surface area contributed by atoms with Gasteiger partial charge in [0, 0.05) is 13.6 Å². The van der Waals surface area contributed by atoms with Gasteiger partial charge in [0.2, 0.25) is 0 Å². The second kappa shape index (κ2) is 17.8. The highest BCUT2D eigenvalue weighted by Gasteiger charge is 2.04. The lowest BCUT2D eigenvalue weighted by Gasteiger charge is -2.12. The van der Waals surface area contributed by atoms with Crippen molar-refractivity contribution < 1.29 is 13.0 Å². The molecular weight excluding hydrogens is 346 g/mol. The molecule has 26 heavy (non-hydrogen) atoms. The Kier molecular flexibility index (Phi) is 17.5. The SMILES string of the molecule is CCCCCCCCCCCCCCCC/C=C/N(C)CCS(=O)(=O)O. The number of unbranched alkanes of at least 4 members (excludes halogenated alkanes) is 14. The number of nitrogens with zero attached hydrogens (tertiary/aromatic N) is 1. The summed E-state index contributed by atoms with van der Waals surface area (Å²) in [5.41, 5.74) is 0. The topological polar surface area (TPSA) is 57.6 Å². The summed E-state index contributed by atoms with van der Waals surface area (Å²) in [5.74, 6) is -0.216. The van der Waals surface area contributed by atoms with Gasteiger partial charge in [0.25, 0.3) is 10.1 Å². The van der Waals surface area contributed by atoms with E-state index in [9.17, 15) is 8.42 Å². The molecule has 0 amide bonds. The predicted octanol–water partition coefficient (Wildman–Crippen LogP) is 6.19. The molecule has 0 spiro atoms. The summed E-state index contributed by atoms with van der Waals surface area (Å²) >= 11 is 0.